The average Bonchev–Trinajstić information content (AvgIpc) is 3.60. The minimum atomic E-state index is -4.46. The molecule has 2 aliphatic carbocycles. The van der Waals surface area contributed by atoms with Crippen LogP contribution in [0.4, 0.5) is 0 Å². The zero-order valence-electron chi connectivity index (χ0n) is 27.8. The van der Waals surface area contributed by atoms with E-state index in [0.717, 1.165) is 30.0 Å². The van der Waals surface area contributed by atoms with Crippen molar-refractivity contribution in [2.24, 2.45) is 0 Å². The van der Waals surface area contributed by atoms with E-state index in [2.05, 4.69) is 170 Å². The molecule has 4 aromatic carbocycles. The van der Waals surface area contributed by atoms with Gasteiger partial charge in [0.2, 0.25) is 0 Å². The Morgan fingerprint density at radius 1 is 0.696 bits per heavy atom. The van der Waals surface area contributed by atoms with Gasteiger partial charge in [-0.25, -0.2) is 0 Å². The summed E-state index contributed by atoms with van der Waals surface area (Å²) in [5, 5.41) is 0. The zero-order valence-corrected chi connectivity index (χ0v) is 35.1. The van der Waals surface area contributed by atoms with E-state index in [1.165, 1.54) is 44.5 Å². The number of rotatable bonds is 6. The van der Waals surface area contributed by atoms with E-state index in [9.17, 15) is 0 Å². The normalized spacial score (nSPS) is 14.2. The Hall–Kier alpha value is -1.35. The van der Waals surface area contributed by atoms with Gasteiger partial charge in [0.25, 0.3) is 0 Å². The van der Waals surface area contributed by atoms with Crippen LogP contribution in [-0.2, 0) is 43.8 Å². The molecule has 0 heterocycles. The minimum absolute atomic E-state index is 0. The van der Waals surface area contributed by atoms with Crippen LogP contribution in [0.2, 0.25) is 0 Å². The van der Waals surface area contributed by atoms with E-state index in [1.807, 2.05) is 0 Å². The molecule has 0 bridgehead atoms. The predicted molar refractivity (Wildman–Crippen MR) is 211 cm³/mol. The second-order valence-electron chi connectivity index (χ2n) is 15.5. The van der Waals surface area contributed by atoms with Gasteiger partial charge in [0.05, 0.1) is 0 Å². The van der Waals surface area contributed by atoms with E-state index >= 15 is 0 Å². The summed E-state index contributed by atoms with van der Waals surface area (Å²) in [4.78, 5) is 0. The Morgan fingerprint density at radius 3 is 1.76 bits per heavy atom. The summed E-state index contributed by atoms with van der Waals surface area (Å²) < 4.78 is 13.1. The fourth-order valence-corrected chi connectivity index (χ4v) is 24.4. The van der Waals surface area contributed by atoms with Crippen LogP contribution >= 0.6 is 56.7 Å². The maximum absolute atomic E-state index is 5.69. The first-order valence-corrected chi connectivity index (χ1v) is 25.1. The van der Waals surface area contributed by atoms with Crippen LogP contribution in [0.15, 0.2) is 109 Å². The molecular formula is C41H46Br2Cl2Zr. The first-order valence-electron chi connectivity index (χ1n) is 15.9. The third-order valence-corrected chi connectivity index (χ3v) is 26.9. The van der Waals surface area contributed by atoms with Gasteiger partial charge in [-0.2, -0.15) is 0 Å². The Labute approximate surface area is 306 Å². The zero-order chi connectivity index (χ0) is 31.5. The van der Waals surface area contributed by atoms with Gasteiger partial charge >= 0.3 is 285 Å². The molecule has 0 fully saturated rings. The quantitative estimate of drug-likeness (QED) is 0.160. The fraction of sp³-hybridized carbons (Fsp3) is 0.293. The van der Waals surface area contributed by atoms with Crippen molar-refractivity contribution in [2.45, 2.75) is 73.5 Å². The molecule has 4 aromatic rings. The molecule has 0 amide bonds. The maximum atomic E-state index is 5.69. The Bertz CT molecular complexity index is 1870. The third-order valence-electron chi connectivity index (χ3n) is 10.1. The Morgan fingerprint density at radius 2 is 1.26 bits per heavy atom. The summed E-state index contributed by atoms with van der Waals surface area (Å²) in [5.41, 5.74) is 11.5. The van der Waals surface area contributed by atoms with Crippen LogP contribution in [0.1, 0.15) is 81.3 Å². The van der Waals surface area contributed by atoms with Gasteiger partial charge in [-0.3, -0.25) is 0 Å². The van der Waals surface area contributed by atoms with Crippen molar-refractivity contribution in [3.05, 3.63) is 143 Å². The van der Waals surface area contributed by atoms with Gasteiger partial charge in [-0.15, -0.1) is 24.8 Å². The molecule has 0 aliphatic heterocycles. The van der Waals surface area contributed by atoms with E-state index in [4.69, 9.17) is 4.21 Å². The number of allylic oxidation sites excluding steroid dienone is 4. The summed E-state index contributed by atoms with van der Waals surface area (Å²) >= 11 is 3.15. The van der Waals surface area contributed by atoms with E-state index < -0.39 is 18.3 Å². The summed E-state index contributed by atoms with van der Waals surface area (Å²) in [6.45, 7) is 14.1. The number of hydrogen-bond acceptors (Lipinski definition) is 0. The fourth-order valence-electron chi connectivity index (χ4n) is 7.62. The van der Waals surface area contributed by atoms with Crippen molar-refractivity contribution < 1.29 is 18.3 Å². The molecule has 0 N–H and O–H groups in total. The van der Waals surface area contributed by atoms with Crippen molar-refractivity contribution in [2.75, 3.05) is 0 Å². The van der Waals surface area contributed by atoms with Gasteiger partial charge in [0.1, 0.15) is 0 Å². The number of benzene rings is 4. The van der Waals surface area contributed by atoms with Gasteiger partial charge in [-0.05, 0) is 0 Å². The van der Waals surface area contributed by atoms with Crippen LogP contribution < -0.4 is 3.27 Å². The van der Waals surface area contributed by atoms with Gasteiger partial charge in [-0.1, -0.05) is 0 Å². The summed E-state index contributed by atoms with van der Waals surface area (Å²) in [5.74, 6) is 0. The second kappa shape index (κ2) is 13.5. The van der Waals surface area contributed by atoms with Crippen molar-refractivity contribution in [1.29, 1.82) is 0 Å². The van der Waals surface area contributed by atoms with Crippen LogP contribution in [0.3, 0.4) is 0 Å². The second-order valence-corrected chi connectivity index (χ2v) is 31.5. The Kier molecular flexibility index (Phi) is 11.0. The van der Waals surface area contributed by atoms with E-state index in [-0.39, 0.29) is 35.6 Å². The molecule has 0 nitrogen and oxygen atoms in total. The van der Waals surface area contributed by atoms with Crippen LogP contribution in [0.5, 0.6) is 0 Å². The summed E-state index contributed by atoms with van der Waals surface area (Å²) in [7, 11) is 0. The molecular weight excluding hydrogens is 814 g/mol. The van der Waals surface area contributed by atoms with Crippen LogP contribution in [0.25, 0.3) is 11.1 Å². The van der Waals surface area contributed by atoms with Crippen LogP contribution in [-0.4, -0.2) is 4.21 Å². The Balaban J connectivity index is 0.00000240. The molecule has 5 heteroatoms. The molecule has 6 rings (SSSR count). The molecule has 0 unspecified atom stereocenters. The molecule has 0 spiro atoms. The number of hydrogen-bond donors (Lipinski definition) is 0. The van der Waals surface area contributed by atoms with E-state index in [1.54, 1.807) is 6.55 Å². The average molecular weight is 861 g/mol. The first kappa shape index (κ1) is 37.5. The molecule has 0 radical (unpaired) electrons. The standard InChI is InChI=1S/C21H25.2C7H6Br.C5H5.CH2.2ClH.Zr/c1-20(2,3)16-9-7-14-11-15-8-10-17(21(4,5)6)13-19(15)18(14)12-16;2*1-6-3-2-4-7(8)5-6;1-2-4-5-3-1;;;;/h7,9-10,12-13H,11H2,1-6H3;2*2-5H,1H2;1-3H,4H2;1H2;2*1H;. The topological polar surface area (TPSA) is 0 Å². The van der Waals surface area contributed by atoms with Crippen molar-refractivity contribution in [3.63, 3.8) is 0 Å². The summed E-state index contributed by atoms with van der Waals surface area (Å²) in [6.07, 6.45) is 9.06. The molecule has 0 saturated heterocycles. The SMILES string of the molecule is Cl.Cl.[CH2]=[Zr]([CH2]c1cccc(Br)c1)([CH2]c1cccc(Br)c1)([C]1=CC=CC1)[c]1cc(C(C)(C)C)cc2c1Cc1ccc(C(C)(C)C)cc1-2. The first-order chi connectivity index (χ1) is 20.6. The number of halogens is 4. The van der Waals surface area contributed by atoms with Crippen molar-refractivity contribution in [3.8, 4) is 11.1 Å². The predicted octanol–water partition coefficient (Wildman–Crippen LogP) is 12.2. The molecule has 46 heavy (non-hydrogen) atoms. The molecule has 0 saturated carbocycles. The number of fused-ring (bicyclic) bond motifs is 3. The van der Waals surface area contributed by atoms with Crippen molar-refractivity contribution >= 4 is 64.2 Å². The molecule has 2 aliphatic rings. The van der Waals surface area contributed by atoms with Crippen LogP contribution in [0, 0.1) is 0 Å². The third kappa shape index (κ3) is 7.02. The van der Waals surface area contributed by atoms with Gasteiger partial charge in [0, 0.05) is 0 Å². The molecule has 0 atom stereocenters. The van der Waals surface area contributed by atoms with E-state index in [0.29, 0.717) is 0 Å². The summed E-state index contributed by atoms with van der Waals surface area (Å²) in [6, 6.07) is 30.4. The van der Waals surface area contributed by atoms with Gasteiger partial charge < -0.3 is 0 Å². The molecule has 0 aromatic heterocycles. The van der Waals surface area contributed by atoms with Crippen molar-refractivity contribution in [1.82, 2.24) is 0 Å². The molecule has 242 valence electrons. The monoisotopic (exact) mass is 856 g/mol. The van der Waals surface area contributed by atoms with Gasteiger partial charge in [0.15, 0.2) is 0 Å².